The van der Waals surface area contributed by atoms with Gasteiger partial charge in [-0.3, -0.25) is 4.79 Å². The largest absolute Gasteiger partial charge is 0.334 e. The number of hydrogen-bond acceptors (Lipinski definition) is 1. The lowest BCUT2D eigenvalue weighted by atomic mass is 9.81. The van der Waals surface area contributed by atoms with Gasteiger partial charge in [-0.2, -0.15) is 0 Å². The molecule has 2 nitrogen and oxygen atoms in total. The van der Waals surface area contributed by atoms with Gasteiger partial charge in [0.05, 0.1) is 6.04 Å². The van der Waals surface area contributed by atoms with Gasteiger partial charge in [-0.15, -0.1) is 0 Å². The molecule has 0 aliphatic carbocycles. The lowest BCUT2D eigenvalue weighted by Gasteiger charge is -2.39. The second-order valence-electron chi connectivity index (χ2n) is 5.15. The highest BCUT2D eigenvalue weighted by Crippen LogP contribution is 2.41. The standard InChI is InChI=1S/C17H17NO/c1-12-14-10-6-7-11-15(14)17(19)18(2)16(12)13-8-4-3-5-9-13/h3-12,16H,1-2H3/t12-,16+/m1/s1. The number of fused-ring (bicyclic) bond motifs is 1. The first-order valence-electron chi connectivity index (χ1n) is 6.61. The predicted octanol–water partition coefficient (Wildman–Crippen LogP) is 3.62. The van der Waals surface area contributed by atoms with Gasteiger partial charge in [0, 0.05) is 18.5 Å². The van der Waals surface area contributed by atoms with Crippen LogP contribution in [0.25, 0.3) is 0 Å². The molecule has 1 aliphatic heterocycles. The van der Waals surface area contributed by atoms with Gasteiger partial charge in [-0.25, -0.2) is 0 Å². The Morgan fingerprint density at radius 2 is 1.58 bits per heavy atom. The number of carbonyl (C=O) groups is 1. The lowest BCUT2D eigenvalue weighted by Crippen LogP contribution is -2.39. The van der Waals surface area contributed by atoms with Crippen LogP contribution in [0.5, 0.6) is 0 Å². The van der Waals surface area contributed by atoms with E-state index in [4.69, 9.17) is 0 Å². The van der Waals surface area contributed by atoms with Crippen molar-refractivity contribution in [3.8, 4) is 0 Å². The first kappa shape index (κ1) is 12.0. The van der Waals surface area contributed by atoms with Crippen molar-refractivity contribution in [2.75, 3.05) is 7.05 Å². The molecule has 3 rings (SSSR count). The molecule has 2 aromatic carbocycles. The van der Waals surface area contributed by atoms with E-state index in [-0.39, 0.29) is 11.9 Å². The number of benzene rings is 2. The fourth-order valence-corrected chi connectivity index (χ4v) is 3.07. The minimum atomic E-state index is 0.113. The molecular weight excluding hydrogens is 234 g/mol. The van der Waals surface area contributed by atoms with Gasteiger partial charge < -0.3 is 4.90 Å². The van der Waals surface area contributed by atoms with Crippen molar-refractivity contribution in [2.45, 2.75) is 18.9 Å². The molecule has 2 heteroatoms. The van der Waals surface area contributed by atoms with Crippen molar-refractivity contribution in [2.24, 2.45) is 0 Å². The summed E-state index contributed by atoms with van der Waals surface area (Å²) in [6, 6.07) is 18.3. The first-order valence-corrected chi connectivity index (χ1v) is 6.61. The molecular formula is C17H17NO. The van der Waals surface area contributed by atoms with E-state index in [1.807, 2.05) is 48.3 Å². The monoisotopic (exact) mass is 251 g/mol. The number of amides is 1. The Kier molecular flexibility index (Phi) is 2.86. The van der Waals surface area contributed by atoms with E-state index >= 15 is 0 Å². The van der Waals surface area contributed by atoms with E-state index in [0.717, 1.165) is 11.1 Å². The fraction of sp³-hybridized carbons (Fsp3) is 0.235. The van der Waals surface area contributed by atoms with Gasteiger partial charge in [-0.05, 0) is 17.2 Å². The van der Waals surface area contributed by atoms with Gasteiger partial charge in [0.25, 0.3) is 5.91 Å². The molecule has 1 aliphatic rings. The summed E-state index contributed by atoms with van der Waals surface area (Å²) in [4.78, 5) is 14.3. The minimum absolute atomic E-state index is 0.113. The molecule has 1 heterocycles. The number of nitrogens with zero attached hydrogens (tertiary/aromatic N) is 1. The van der Waals surface area contributed by atoms with Crippen molar-refractivity contribution in [1.29, 1.82) is 0 Å². The third kappa shape index (κ3) is 1.84. The second-order valence-corrected chi connectivity index (χ2v) is 5.15. The van der Waals surface area contributed by atoms with E-state index in [1.54, 1.807) is 0 Å². The van der Waals surface area contributed by atoms with Crippen LogP contribution in [-0.4, -0.2) is 17.9 Å². The minimum Gasteiger partial charge on any atom is -0.334 e. The van der Waals surface area contributed by atoms with Crippen molar-refractivity contribution >= 4 is 5.91 Å². The summed E-state index contributed by atoms with van der Waals surface area (Å²) in [7, 11) is 1.90. The molecule has 2 aromatic rings. The molecule has 2 atom stereocenters. The molecule has 0 saturated heterocycles. The van der Waals surface area contributed by atoms with E-state index in [0.29, 0.717) is 5.92 Å². The smallest absolute Gasteiger partial charge is 0.254 e. The summed E-state index contributed by atoms with van der Waals surface area (Å²) in [5.41, 5.74) is 3.18. The highest BCUT2D eigenvalue weighted by atomic mass is 16.2. The van der Waals surface area contributed by atoms with E-state index in [9.17, 15) is 4.79 Å². The quantitative estimate of drug-likeness (QED) is 0.758. The van der Waals surface area contributed by atoms with Gasteiger partial charge in [0.2, 0.25) is 0 Å². The molecule has 19 heavy (non-hydrogen) atoms. The van der Waals surface area contributed by atoms with Crippen LogP contribution >= 0.6 is 0 Å². The molecule has 0 aromatic heterocycles. The summed E-state index contributed by atoms with van der Waals surface area (Å²) in [5.74, 6) is 0.420. The van der Waals surface area contributed by atoms with Gasteiger partial charge in [0.1, 0.15) is 0 Å². The molecule has 1 amide bonds. The summed E-state index contributed by atoms with van der Waals surface area (Å²) in [5, 5.41) is 0. The van der Waals surface area contributed by atoms with Crippen LogP contribution in [0.15, 0.2) is 54.6 Å². The molecule has 0 spiro atoms. The second kappa shape index (κ2) is 4.54. The lowest BCUT2D eigenvalue weighted by molar-refractivity contribution is 0.0678. The highest BCUT2D eigenvalue weighted by Gasteiger charge is 2.35. The average molecular weight is 251 g/mol. The molecule has 96 valence electrons. The zero-order chi connectivity index (χ0) is 13.4. The maximum Gasteiger partial charge on any atom is 0.254 e. The van der Waals surface area contributed by atoms with Crippen molar-refractivity contribution in [3.63, 3.8) is 0 Å². The third-order valence-electron chi connectivity index (χ3n) is 4.03. The van der Waals surface area contributed by atoms with Crippen molar-refractivity contribution < 1.29 is 4.79 Å². The van der Waals surface area contributed by atoms with E-state index in [1.165, 1.54) is 5.56 Å². The van der Waals surface area contributed by atoms with Gasteiger partial charge in [-0.1, -0.05) is 55.5 Å². The molecule has 0 bridgehead atoms. The predicted molar refractivity (Wildman–Crippen MR) is 76.1 cm³/mol. The molecule has 0 N–H and O–H groups in total. The Labute approximate surface area is 113 Å². The Morgan fingerprint density at radius 1 is 0.947 bits per heavy atom. The normalized spacial score (nSPS) is 22.2. The Bertz CT molecular complexity index is 606. The van der Waals surface area contributed by atoms with Crippen LogP contribution in [0.4, 0.5) is 0 Å². The zero-order valence-corrected chi connectivity index (χ0v) is 11.2. The Hall–Kier alpha value is -2.09. The molecule has 0 saturated carbocycles. The SMILES string of the molecule is C[C@@H]1c2ccccc2C(=O)N(C)[C@@H]1c1ccccc1. The fourth-order valence-electron chi connectivity index (χ4n) is 3.07. The summed E-state index contributed by atoms with van der Waals surface area (Å²) < 4.78 is 0. The molecule has 0 fully saturated rings. The number of carbonyl (C=O) groups excluding carboxylic acids is 1. The number of rotatable bonds is 1. The molecule has 0 radical (unpaired) electrons. The summed E-state index contributed by atoms with van der Waals surface area (Å²) in [6.07, 6.45) is 0. The molecule has 0 unspecified atom stereocenters. The van der Waals surface area contributed by atoms with Crippen LogP contribution in [0.3, 0.4) is 0 Å². The van der Waals surface area contributed by atoms with Crippen LogP contribution in [0.1, 0.15) is 40.4 Å². The van der Waals surface area contributed by atoms with Crippen LogP contribution in [0, 0.1) is 0 Å². The highest BCUT2D eigenvalue weighted by molar-refractivity contribution is 5.97. The Balaban J connectivity index is 2.12. The third-order valence-corrected chi connectivity index (χ3v) is 4.03. The first-order chi connectivity index (χ1) is 9.20. The summed E-state index contributed by atoms with van der Waals surface area (Å²) in [6.45, 7) is 2.19. The van der Waals surface area contributed by atoms with Gasteiger partial charge >= 0.3 is 0 Å². The topological polar surface area (TPSA) is 20.3 Å². The summed E-state index contributed by atoms with van der Waals surface area (Å²) >= 11 is 0. The zero-order valence-electron chi connectivity index (χ0n) is 11.2. The maximum atomic E-state index is 12.5. The Morgan fingerprint density at radius 3 is 2.32 bits per heavy atom. The van der Waals surface area contributed by atoms with E-state index in [2.05, 4.69) is 25.1 Å². The van der Waals surface area contributed by atoms with Gasteiger partial charge in [0.15, 0.2) is 0 Å². The average Bonchev–Trinajstić information content (AvgIpc) is 2.46. The van der Waals surface area contributed by atoms with Crippen molar-refractivity contribution in [1.82, 2.24) is 4.90 Å². The van der Waals surface area contributed by atoms with Crippen molar-refractivity contribution in [3.05, 3.63) is 71.3 Å². The maximum absolute atomic E-state index is 12.5. The number of likely N-dealkylation sites (N-methyl/N-ethyl adjacent to an activating group) is 1. The van der Waals surface area contributed by atoms with E-state index < -0.39 is 0 Å². The van der Waals surface area contributed by atoms with Crippen LogP contribution in [0.2, 0.25) is 0 Å². The van der Waals surface area contributed by atoms with Crippen LogP contribution < -0.4 is 0 Å². The van der Waals surface area contributed by atoms with Crippen LogP contribution in [-0.2, 0) is 0 Å². The number of hydrogen-bond donors (Lipinski definition) is 0.